The van der Waals surface area contributed by atoms with Gasteiger partial charge in [0.1, 0.15) is 25.8 Å². The van der Waals surface area contributed by atoms with Crippen LogP contribution in [-0.2, 0) is 0 Å². The SMILES string of the molecule is B/C(CNC(=O)c1c(C)oc2ncnc(NC3(C)CC3)c12)=C(\S)C(C)(C)CC(C)C. The van der Waals surface area contributed by atoms with Gasteiger partial charge in [-0.2, -0.15) is 0 Å². The van der Waals surface area contributed by atoms with Crippen molar-refractivity contribution in [1.82, 2.24) is 15.3 Å². The van der Waals surface area contributed by atoms with E-state index in [0.717, 1.165) is 29.6 Å². The maximum atomic E-state index is 13.1. The van der Waals surface area contributed by atoms with E-state index in [1.807, 2.05) is 7.85 Å². The Hall–Kier alpha value is -1.96. The lowest BCUT2D eigenvalue weighted by Gasteiger charge is -2.29. The van der Waals surface area contributed by atoms with Gasteiger partial charge >= 0.3 is 0 Å². The molecule has 2 heterocycles. The zero-order valence-corrected chi connectivity index (χ0v) is 20.0. The molecule has 0 saturated heterocycles. The van der Waals surface area contributed by atoms with Crippen LogP contribution in [0.2, 0.25) is 0 Å². The Balaban J connectivity index is 1.83. The topological polar surface area (TPSA) is 80.1 Å². The number of amides is 1. The number of nitrogens with one attached hydrogen (secondary N) is 2. The zero-order valence-electron chi connectivity index (χ0n) is 19.1. The Labute approximate surface area is 185 Å². The van der Waals surface area contributed by atoms with Gasteiger partial charge in [-0.25, -0.2) is 9.97 Å². The lowest BCUT2D eigenvalue weighted by Crippen LogP contribution is -2.28. The fraction of sp³-hybridized carbons (Fsp3) is 0.591. The smallest absolute Gasteiger partial charge is 0.255 e. The highest BCUT2D eigenvalue weighted by atomic mass is 32.1. The molecule has 1 fully saturated rings. The Morgan fingerprint density at radius 3 is 2.63 bits per heavy atom. The summed E-state index contributed by atoms with van der Waals surface area (Å²) in [7, 11) is 2.02. The molecule has 8 heteroatoms. The number of nitrogens with zero attached hydrogens (tertiary/aromatic N) is 2. The fourth-order valence-corrected chi connectivity index (χ4v) is 4.26. The minimum absolute atomic E-state index is 0.0302. The molecule has 0 aromatic carbocycles. The highest BCUT2D eigenvalue weighted by Gasteiger charge is 2.38. The summed E-state index contributed by atoms with van der Waals surface area (Å²) in [4.78, 5) is 22.8. The first kappa shape index (κ1) is 22.7. The van der Waals surface area contributed by atoms with E-state index in [1.54, 1.807) is 6.92 Å². The molecule has 2 aromatic heterocycles. The number of carbonyl (C=O) groups excluding carboxylic acids is 1. The van der Waals surface area contributed by atoms with Crippen molar-refractivity contribution in [2.75, 3.05) is 11.9 Å². The number of rotatable bonds is 8. The molecule has 162 valence electrons. The van der Waals surface area contributed by atoms with Crippen LogP contribution in [-0.4, -0.2) is 35.8 Å². The van der Waals surface area contributed by atoms with Crippen molar-refractivity contribution < 1.29 is 9.21 Å². The predicted octanol–water partition coefficient (Wildman–Crippen LogP) is 4.07. The Kier molecular flexibility index (Phi) is 6.28. The van der Waals surface area contributed by atoms with Gasteiger partial charge in [-0.3, -0.25) is 4.79 Å². The third kappa shape index (κ3) is 4.85. The van der Waals surface area contributed by atoms with Gasteiger partial charge in [0, 0.05) is 12.1 Å². The lowest BCUT2D eigenvalue weighted by atomic mass is 9.78. The number of hydrogen-bond donors (Lipinski definition) is 3. The summed E-state index contributed by atoms with van der Waals surface area (Å²) < 4.78 is 5.77. The highest BCUT2D eigenvalue weighted by Crippen LogP contribution is 2.40. The number of allylic oxidation sites excluding steroid dienone is 1. The summed E-state index contributed by atoms with van der Waals surface area (Å²) in [5.41, 5.74) is 1.98. The summed E-state index contributed by atoms with van der Waals surface area (Å²) in [5.74, 6) is 1.58. The standard InChI is InChI=1S/C22H33BN4O2S/c1-12(2)9-21(4,5)17(30)14(23)10-24-19(28)15-13(3)29-20-16(15)18(25-11-26-20)27-22(6)7-8-22/h11-12,30H,7-10,23H2,1-6H3,(H,24,28)(H,25,26,27)/b17-14-. The van der Waals surface area contributed by atoms with Crippen molar-refractivity contribution in [3.05, 3.63) is 28.0 Å². The summed E-state index contributed by atoms with van der Waals surface area (Å²) in [6, 6.07) is 0. The van der Waals surface area contributed by atoms with E-state index in [-0.39, 0.29) is 16.9 Å². The number of hydrogen-bond acceptors (Lipinski definition) is 6. The average Bonchev–Trinajstić information content (AvgIpc) is 3.26. The van der Waals surface area contributed by atoms with E-state index in [2.05, 4.69) is 55.2 Å². The van der Waals surface area contributed by atoms with Gasteiger partial charge in [0.05, 0.1) is 10.9 Å². The first-order valence-corrected chi connectivity index (χ1v) is 11.1. The van der Waals surface area contributed by atoms with Crippen LogP contribution >= 0.6 is 12.6 Å². The first-order chi connectivity index (χ1) is 13.9. The second-order valence-electron chi connectivity index (χ2n) is 9.91. The van der Waals surface area contributed by atoms with E-state index in [9.17, 15) is 4.79 Å². The molecule has 1 amide bonds. The molecule has 2 aromatic rings. The predicted molar refractivity (Wildman–Crippen MR) is 128 cm³/mol. The van der Waals surface area contributed by atoms with E-state index in [0.29, 0.717) is 40.7 Å². The Bertz CT molecular complexity index is 992. The molecule has 0 bridgehead atoms. The van der Waals surface area contributed by atoms with Gasteiger partial charge in [-0.15, -0.1) is 12.6 Å². The second-order valence-corrected chi connectivity index (χ2v) is 10.4. The van der Waals surface area contributed by atoms with Gasteiger partial charge in [-0.1, -0.05) is 33.2 Å². The van der Waals surface area contributed by atoms with Gasteiger partial charge in [0.15, 0.2) is 0 Å². The van der Waals surface area contributed by atoms with Gasteiger partial charge in [0.25, 0.3) is 5.91 Å². The molecule has 0 spiro atoms. The summed E-state index contributed by atoms with van der Waals surface area (Å²) in [5, 5.41) is 7.14. The average molecular weight is 428 g/mol. The molecule has 1 aliphatic carbocycles. The molecular weight excluding hydrogens is 395 g/mol. The van der Waals surface area contributed by atoms with Crippen molar-refractivity contribution in [1.29, 1.82) is 0 Å². The van der Waals surface area contributed by atoms with E-state index in [4.69, 9.17) is 17.0 Å². The third-order valence-electron chi connectivity index (χ3n) is 5.79. The number of aromatic nitrogens is 2. The summed E-state index contributed by atoms with van der Waals surface area (Å²) >= 11 is 4.79. The summed E-state index contributed by atoms with van der Waals surface area (Å²) in [6.07, 6.45) is 4.67. The molecule has 2 N–H and O–H groups in total. The molecule has 0 unspecified atom stereocenters. The maximum Gasteiger partial charge on any atom is 0.255 e. The molecule has 6 nitrogen and oxygen atoms in total. The minimum Gasteiger partial charge on any atom is -0.442 e. The number of furan rings is 1. The number of fused-ring (bicyclic) bond motifs is 1. The lowest BCUT2D eigenvalue weighted by molar-refractivity contribution is 0.0957. The Morgan fingerprint density at radius 2 is 2.03 bits per heavy atom. The largest absolute Gasteiger partial charge is 0.442 e. The first-order valence-electron chi connectivity index (χ1n) is 10.6. The van der Waals surface area contributed by atoms with Gasteiger partial charge < -0.3 is 15.1 Å². The van der Waals surface area contributed by atoms with Crippen LogP contribution in [0.25, 0.3) is 11.1 Å². The normalized spacial score (nSPS) is 16.5. The molecule has 1 saturated carbocycles. The van der Waals surface area contributed by atoms with Gasteiger partial charge in [0.2, 0.25) is 5.71 Å². The molecule has 1 aliphatic rings. The van der Waals surface area contributed by atoms with Crippen LogP contribution < -0.4 is 10.6 Å². The highest BCUT2D eigenvalue weighted by molar-refractivity contribution is 7.84. The van der Waals surface area contributed by atoms with Crippen molar-refractivity contribution in [3.8, 4) is 0 Å². The molecule has 0 aliphatic heterocycles. The molecule has 3 rings (SSSR count). The van der Waals surface area contributed by atoms with E-state index in [1.165, 1.54) is 6.33 Å². The Morgan fingerprint density at radius 1 is 1.37 bits per heavy atom. The van der Waals surface area contributed by atoms with Crippen LogP contribution in [0, 0.1) is 18.3 Å². The quantitative estimate of drug-likeness (QED) is 0.436. The molecular formula is C22H33BN4O2S. The summed E-state index contributed by atoms with van der Waals surface area (Å²) in [6.45, 7) is 13.2. The van der Waals surface area contributed by atoms with E-state index < -0.39 is 0 Å². The number of anilines is 1. The van der Waals surface area contributed by atoms with Crippen molar-refractivity contribution in [2.24, 2.45) is 11.3 Å². The zero-order chi connectivity index (χ0) is 22.3. The van der Waals surface area contributed by atoms with Crippen molar-refractivity contribution in [2.45, 2.75) is 66.3 Å². The van der Waals surface area contributed by atoms with Gasteiger partial charge in [-0.05, 0) is 49.3 Å². The third-order valence-corrected chi connectivity index (χ3v) is 6.78. The van der Waals surface area contributed by atoms with Crippen molar-refractivity contribution in [3.63, 3.8) is 0 Å². The number of thiol groups is 1. The number of aryl methyl sites for hydroxylation is 1. The van der Waals surface area contributed by atoms with Crippen LogP contribution in [0.3, 0.4) is 0 Å². The van der Waals surface area contributed by atoms with E-state index >= 15 is 0 Å². The maximum absolute atomic E-state index is 13.1. The van der Waals surface area contributed by atoms with Crippen LogP contribution in [0.4, 0.5) is 5.82 Å². The van der Waals surface area contributed by atoms with Crippen LogP contribution in [0.1, 0.15) is 70.0 Å². The second kappa shape index (κ2) is 8.29. The molecule has 30 heavy (non-hydrogen) atoms. The molecule has 0 radical (unpaired) electrons. The minimum atomic E-state index is -0.188. The number of carbonyl (C=O) groups is 1. The monoisotopic (exact) mass is 428 g/mol. The van der Waals surface area contributed by atoms with Crippen molar-refractivity contribution >= 4 is 43.3 Å². The fourth-order valence-electron chi connectivity index (χ4n) is 4.09. The van der Waals surface area contributed by atoms with Crippen LogP contribution in [0.15, 0.2) is 21.1 Å². The molecule has 0 atom stereocenters. The van der Waals surface area contributed by atoms with Crippen LogP contribution in [0.5, 0.6) is 0 Å².